The van der Waals surface area contributed by atoms with E-state index in [9.17, 15) is 9.59 Å². The second-order valence-electron chi connectivity index (χ2n) is 4.55. The maximum atomic E-state index is 12.1. The van der Waals surface area contributed by atoms with Crippen LogP contribution in [0.3, 0.4) is 0 Å². The van der Waals surface area contributed by atoms with Gasteiger partial charge in [-0.05, 0) is 24.2 Å². The number of hydrogen-bond acceptors (Lipinski definition) is 7. The minimum atomic E-state index is -1.01. The number of benzene rings is 1. The third kappa shape index (κ3) is 4.70. The number of rotatable bonds is 8. The molecule has 3 N–H and O–H groups in total. The lowest BCUT2D eigenvalue weighted by atomic mass is 10.1. The van der Waals surface area contributed by atoms with Gasteiger partial charge in [-0.25, -0.2) is 4.63 Å². The third-order valence-corrected chi connectivity index (χ3v) is 2.84. The maximum absolute atomic E-state index is 12.1. The second kappa shape index (κ2) is 7.78. The van der Waals surface area contributed by atoms with E-state index in [0.29, 0.717) is 16.9 Å². The molecule has 0 radical (unpaired) electrons. The molecule has 122 valence electrons. The summed E-state index contributed by atoms with van der Waals surface area (Å²) in [7, 11) is 0. The van der Waals surface area contributed by atoms with Crippen molar-refractivity contribution in [3.05, 3.63) is 35.5 Å². The Labute approximate surface area is 131 Å². The van der Waals surface area contributed by atoms with Gasteiger partial charge in [-0.2, -0.15) is 0 Å². The van der Waals surface area contributed by atoms with Crippen molar-refractivity contribution in [3.63, 3.8) is 0 Å². The molecule has 2 rings (SSSR count). The molecule has 1 amide bonds. The molecule has 0 fully saturated rings. The smallest absolute Gasteiger partial charge is 0.322 e. The fourth-order valence-electron chi connectivity index (χ4n) is 1.77. The molecule has 0 bridgehead atoms. The van der Waals surface area contributed by atoms with E-state index in [1.54, 1.807) is 31.2 Å². The fraction of sp³-hybridized carbons (Fsp3) is 0.286. The van der Waals surface area contributed by atoms with Crippen molar-refractivity contribution in [2.45, 2.75) is 6.92 Å². The average molecular weight is 320 g/mol. The molecule has 9 heteroatoms. The topological polar surface area (TPSA) is 127 Å². The number of ether oxygens (including phenoxy) is 1. The fourth-order valence-corrected chi connectivity index (χ4v) is 1.77. The van der Waals surface area contributed by atoms with Gasteiger partial charge in [0.2, 0.25) is 0 Å². The zero-order valence-electron chi connectivity index (χ0n) is 12.4. The predicted molar refractivity (Wildman–Crippen MR) is 79.4 cm³/mol. The highest BCUT2D eigenvalue weighted by Crippen LogP contribution is 2.14. The monoisotopic (exact) mass is 320 g/mol. The number of carboxylic acid groups (broad SMARTS) is 1. The van der Waals surface area contributed by atoms with Gasteiger partial charge in [0.15, 0.2) is 0 Å². The van der Waals surface area contributed by atoms with E-state index in [1.807, 2.05) is 0 Å². The number of carbonyl (C=O) groups excluding carboxylic acids is 1. The summed E-state index contributed by atoms with van der Waals surface area (Å²) in [5.74, 6) is -1.06. The van der Waals surface area contributed by atoms with Gasteiger partial charge in [-0.15, -0.1) is 0 Å². The van der Waals surface area contributed by atoms with E-state index in [0.717, 1.165) is 0 Å². The second-order valence-corrected chi connectivity index (χ2v) is 4.55. The number of amides is 1. The van der Waals surface area contributed by atoms with Crippen LogP contribution in [0.4, 0.5) is 5.69 Å². The maximum Gasteiger partial charge on any atom is 0.322 e. The van der Waals surface area contributed by atoms with E-state index < -0.39 is 5.97 Å². The molecule has 1 aromatic carbocycles. The quantitative estimate of drug-likeness (QED) is 0.606. The molecule has 0 aliphatic heterocycles. The number of nitrogens with zero attached hydrogens (tertiary/aromatic N) is 2. The molecule has 0 aliphatic carbocycles. The summed E-state index contributed by atoms with van der Waals surface area (Å²) in [6.07, 6.45) is 0. The van der Waals surface area contributed by atoms with E-state index in [2.05, 4.69) is 25.6 Å². The van der Waals surface area contributed by atoms with Gasteiger partial charge in [0, 0.05) is 5.69 Å². The molecule has 0 unspecified atom stereocenters. The first-order valence-corrected chi connectivity index (χ1v) is 6.83. The molecule has 9 nitrogen and oxygen atoms in total. The highest BCUT2D eigenvalue weighted by molar-refractivity contribution is 5.99. The molecule has 0 aliphatic rings. The summed E-state index contributed by atoms with van der Waals surface area (Å²) < 4.78 is 9.78. The van der Waals surface area contributed by atoms with Gasteiger partial charge in [0.25, 0.3) is 11.8 Å². The van der Waals surface area contributed by atoms with E-state index in [1.165, 1.54) is 0 Å². The van der Waals surface area contributed by atoms with Gasteiger partial charge in [0.05, 0.1) is 12.1 Å². The number of anilines is 1. The van der Waals surface area contributed by atoms with Crippen LogP contribution < -0.4 is 15.4 Å². The van der Waals surface area contributed by atoms with Crippen LogP contribution >= 0.6 is 0 Å². The number of nitrogens with one attached hydrogen (secondary N) is 2. The first-order chi connectivity index (χ1) is 11.1. The summed E-state index contributed by atoms with van der Waals surface area (Å²) in [4.78, 5) is 22.7. The van der Waals surface area contributed by atoms with Crippen LogP contribution in [0.2, 0.25) is 0 Å². The Morgan fingerprint density at radius 2 is 2.09 bits per heavy atom. The molecule has 1 heterocycles. The zero-order valence-corrected chi connectivity index (χ0v) is 12.4. The number of aromatic nitrogens is 2. The Morgan fingerprint density at radius 3 is 2.78 bits per heavy atom. The largest absolute Gasteiger partial charge is 0.480 e. The number of carbonyl (C=O) groups is 2. The predicted octanol–water partition coefficient (Wildman–Crippen LogP) is 0.683. The number of hydrogen-bond donors (Lipinski definition) is 3. The first-order valence-electron chi connectivity index (χ1n) is 6.83. The highest BCUT2D eigenvalue weighted by atomic mass is 16.6. The molecule has 1 aromatic heterocycles. The molecule has 0 saturated heterocycles. The van der Waals surface area contributed by atoms with Crippen LogP contribution in [0, 0.1) is 6.92 Å². The van der Waals surface area contributed by atoms with E-state index >= 15 is 0 Å². The molecular formula is C14H16N4O5. The van der Waals surface area contributed by atoms with Crippen molar-refractivity contribution in [1.29, 1.82) is 0 Å². The van der Waals surface area contributed by atoms with Crippen LogP contribution in [0.15, 0.2) is 28.9 Å². The van der Waals surface area contributed by atoms with Crippen LogP contribution in [0.25, 0.3) is 0 Å². The minimum Gasteiger partial charge on any atom is -0.480 e. The Bertz CT molecular complexity index is 685. The Morgan fingerprint density at radius 1 is 1.30 bits per heavy atom. The minimum absolute atomic E-state index is 0.200. The van der Waals surface area contributed by atoms with Crippen molar-refractivity contribution in [2.75, 3.05) is 25.0 Å². The highest BCUT2D eigenvalue weighted by Gasteiger charge is 2.11. The molecular weight excluding hydrogens is 304 g/mol. The Hall–Kier alpha value is -3.10. The molecule has 2 aromatic rings. The normalized spacial score (nSPS) is 10.1. The Balaban J connectivity index is 1.85. The molecule has 23 heavy (non-hydrogen) atoms. The van der Waals surface area contributed by atoms with Gasteiger partial charge in [-0.3, -0.25) is 9.59 Å². The number of para-hydroxylation sites is 1. The molecule has 0 atom stereocenters. The summed E-state index contributed by atoms with van der Waals surface area (Å²) in [5, 5.41) is 21.2. The molecule has 0 spiro atoms. The van der Waals surface area contributed by atoms with Crippen LogP contribution in [0.1, 0.15) is 16.1 Å². The summed E-state index contributed by atoms with van der Waals surface area (Å²) in [6.45, 7) is 1.87. The Kier molecular flexibility index (Phi) is 5.50. The van der Waals surface area contributed by atoms with Crippen molar-refractivity contribution in [3.8, 4) is 5.88 Å². The van der Waals surface area contributed by atoms with E-state index in [-0.39, 0.29) is 31.5 Å². The SMILES string of the molecule is Cc1nonc1OCCNC(=O)c1ccccc1NCC(=O)O. The van der Waals surface area contributed by atoms with E-state index in [4.69, 9.17) is 9.84 Å². The van der Waals surface area contributed by atoms with Crippen LogP contribution in [-0.4, -0.2) is 47.0 Å². The standard InChI is InChI=1S/C14H16N4O5/c1-9-14(18-23-17-9)22-7-6-15-13(21)10-4-2-3-5-11(10)16-8-12(19)20/h2-5,16H,6-8H2,1H3,(H,15,21)(H,19,20). The van der Waals surface area contributed by atoms with Gasteiger partial charge in [-0.1, -0.05) is 17.3 Å². The van der Waals surface area contributed by atoms with Crippen molar-refractivity contribution in [1.82, 2.24) is 15.6 Å². The number of aryl methyl sites for hydroxylation is 1. The zero-order chi connectivity index (χ0) is 16.7. The lowest BCUT2D eigenvalue weighted by molar-refractivity contribution is -0.134. The summed E-state index contributed by atoms with van der Waals surface area (Å²) >= 11 is 0. The summed E-state index contributed by atoms with van der Waals surface area (Å²) in [6, 6.07) is 6.65. The van der Waals surface area contributed by atoms with Crippen molar-refractivity contribution >= 4 is 17.6 Å². The lowest BCUT2D eigenvalue weighted by Crippen LogP contribution is -2.29. The molecule has 0 saturated carbocycles. The number of aliphatic carboxylic acids is 1. The van der Waals surface area contributed by atoms with Crippen LogP contribution in [-0.2, 0) is 4.79 Å². The summed E-state index contributed by atoms with van der Waals surface area (Å²) in [5.41, 5.74) is 1.33. The van der Waals surface area contributed by atoms with Crippen molar-refractivity contribution < 1.29 is 24.1 Å². The lowest BCUT2D eigenvalue weighted by Gasteiger charge is -2.11. The first kappa shape index (κ1) is 16.3. The van der Waals surface area contributed by atoms with Gasteiger partial charge >= 0.3 is 5.97 Å². The average Bonchev–Trinajstić information content (AvgIpc) is 2.95. The third-order valence-electron chi connectivity index (χ3n) is 2.84. The van der Waals surface area contributed by atoms with Gasteiger partial charge < -0.3 is 20.5 Å². The van der Waals surface area contributed by atoms with Crippen LogP contribution in [0.5, 0.6) is 5.88 Å². The van der Waals surface area contributed by atoms with Crippen molar-refractivity contribution in [2.24, 2.45) is 0 Å². The van der Waals surface area contributed by atoms with Gasteiger partial charge in [0.1, 0.15) is 18.8 Å². The number of carboxylic acids is 1.